The topological polar surface area (TPSA) is 6.48 Å². The molecule has 15 heavy (non-hydrogen) atoms. The van der Waals surface area contributed by atoms with Crippen LogP contribution in [-0.2, 0) is 0 Å². The van der Waals surface area contributed by atoms with Crippen LogP contribution in [0.3, 0.4) is 0 Å². The van der Waals surface area contributed by atoms with E-state index in [-0.39, 0.29) is 0 Å². The number of unbranched alkanes of at least 4 members (excludes halogenated alkanes) is 2. The van der Waals surface area contributed by atoms with Crippen LogP contribution in [0.5, 0.6) is 0 Å². The standard InChI is InChI=1S/C13H24N2/c1-3-5-7-9-14-11-12-15(13-14)10-8-6-4-2/h3-4H,1-2,5-13H2. The molecule has 0 aromatic carbocycles. The van der Waals surface area contributed by atoms with E-state index in [1.165, 1.54) is 39.0 Å². The predicted molar refractivity (Wildman–Crippen MR) is 66.9 cm³/mol. The summed E-state index contributed by atoms with van der Waals surface area (Å²) in [6, 6.07) is 0. The summed E-state index contributed by atoms with van der Waals surface area (Å²) in [5, 5.41) is 0. The molecule has 1 rings (SSSR count). The molecule has 86 valence electrons. The van der Waals surface area contributed by atoms with Gasteiger partial charge >= 0.3 is 0 Å². The van der Waals surface area contributed by atoms with E-state index in [9.17, 15) is 0 Å². The molecule has 1 heterocycles. The summed E-state index contributed by atoms with van der Waals surface area (Å²) in [5.41, 5.74) is 0. The van der Waals surface area contributed by atoms with Crippen LogP contribution in [-0.4, -0.2) is 42.6 Å². The summed E-state index contributed by atoms with van der Waals surface area (Å²) >= 11 is 0. The third-order valence-electron chi connectivity index (χ3n) is 2.90. The highest BCUT2D eigenvalue weighted by molar-refractivity contribution is 4.74. The van der Waals surface area contributed by atoms with Gasteiger partial charge in [0.2, 0.25) is 0 Å². The second-order valence-corrected chi connectivity index (χ2v) is 4.24. The summed E-state index contributed by atoms with van der Waals surface area (Å²) in [6.07, 6.45) is 8.82. The lowest BCUT2D eigenvalue weighted by Crippen LogP contribution is -2.26. The highest BCUT2D eigenvalue weighted by Gasteiger charge is 2.17. The van der Waals surface area contributed by atoms with Crippen molar-refractivity contribution in [2.24, 2.45) is 0 Å². The monoisotopic (exact) mass is 208 g/mol. The van der Waals surface area contributed by atoms with Crippen LogP contribution in [0, 0.1) is 0 Å². The summed E-state index contributed by atoms with van der Waals surface area (Å²) in [7, 11) is 0. The van der Waals surface area contributed by atoms with Crippen molar-refractivity contribution < 1.29 is 0 Å². The lowest BCUT2D eigenvalue weighted by molar-refractivity contribution is 0.243. The minimum atomic E-state index is 1.15. The molecule has 0 spiro atoms. The van der Waals surface area contributed by atoms with Gasteiger partial charge in [-0.15, -0.1) is 13.2 Å². The van der Waals surface area contributed by atoms with Gasteiger partial charge < -0.3 is 0 Å². The molecule has 2 heteroatoms. The summed E-state index contributed by atoms with van der Waals surface area (Å²) in [5.74, 6) is 0. The van der Waals surface area contributed by atoms with Crippen LogP contribution in [0.4, 0.5) is 0 Å². The van der Waals surface area contributed by atoms with E-state index in [1.54, 1.807) is 0 Å². The van der Waals surface area contributed by atoms with Gasteiger partial charge in [0.25, 0.3) is 0 Å². The van der Waals surface area contributed by atoms with Crippen molar-refractivity contribution in [3.63, 3.8) is 0 Å². The fourth-order valence-electron chi connectivity index (χ4n) is 1.99. The second-order valence-electron chi connectivity index (χ2n) is 4.24. The van der Waals surface area contributed by atoms with E-state index < -0.39 is 0 Å². The molecular weight excluding hydrogens is 184 g/mol. The molecule has 1 fully saturated rings. The lowest BCUT2D eigenvalue weighted by atomic mass is 10.3. The Labute approximate surface area is 94.3 Å². The first-order valence-electron chi connectivity index (χ1n) is 6.03. The minimum Gasteiger partial charge on any atom is -0.289 e. The molecule has 0 radical (unpaired) electrons. The Bertz CT molecular complexity index is 169. The Kier molecular flexibility index (Phi) is 6.37. The molecule has 0 aromatic rings. The van der Waals surface area contributed by atoms with Gasteiger partial charge in [0.05, 0.1) is 6.67 Å². The molecule has 0 N–H and O–H groups in total. The molecule has 2 nitrogen and oxygen atoms in total. The minimum absolute atomic E-state index is 1.15. The molecule has 1 aliphatic heterocycles. The van der Waals surface area contributed by atoms with Crippen LogP contribution in [0.1, 0.15) is 25.7 Å². The van der Waals surface area contributed by atoms with Crippen LogP contribution < -0.4 is 0 Å². The zero-order valence-corrected chi connectivity index (χ0v) is 9.83. The molecule has 0 aliphatic carbocycles. The van der Waals surface area contributed by atoms with Gasteiger partial charge in [0, 0.05) is 13.1 Å². The van der Waals surface area contributed by atoms with Gasteiger partial charge in [-0.05, 0) is 38.8 Å². The molecule has 0 aromatic heterocycles. The molecule has 1 aliphatic rings. The Morgan fingerprint density at radius 2 is 1.33 bits per heavy atom. The first-order valence-corrected chi connectivity index (χ1v) is 6.03. The maximum Gasteiger partial charge on any atom is 0.0507 e. The molecule has 0 amide bonds. The first-order chi connectivity index (χ1) is 7.36. The van der Waals surface area contributed by atoms with Crippen LogP contribution in [0.25, 0.3) is 0 Å². The smallest absolute Gasteiger partial charge is 0.0507 e. The Morgan fingerprint density at radius 3 is 1.73 bits per heavy atom. The molecule has 0 bridgehead atoms. The van der Waals surface area contributed by atoms with Crippen LogP contribution in [0.2, 0.25) is 0 Å². The van der Waals surface area contributed by atoms with Gasteiger partial charge in [-0.3, -0.25) is 9.80 Å². The maximum atomic E-state index is 3.75. The maximum absolute atomic E-state index is 3.75. The SMILES string of the molecule is C=CCCCN1CCN(CCCC=C)C1. The summed E-state index contributed by atoms with van der Waals surface area (Å²) < 4.78 is 0. The van der Waals surface area contributed by atoms with E-state index in [0.29, 0.717) is 0 Å². The van der Waals surface area contributed by atoms with E-state index in [4.69, 9.17) is 0 Å². The van der Waals surface area contributed by atoms with Crippen molar-refractivity contribution in [1.82, 2.24) is 9.80 Å². The zero-order chi connectivity index (χ0) is 10.9. The highest BCUT2D eigenvalue weighted by atomic mass is 15.4. The van der Waals surface area contributed by atoms with Gasteiger partial charge in [-0.2, -0.15) is 0 Å². The molecule has 0 unspecified atom stereocenters. The van der Waals surface area contributed by atoms with Crippen LogP contribution in [0.15, 0.2) is 25.3 Å². The highest BCUT2D eigenvalue weighted by Crippen LogP contribution is 2.07. The fraction of sp³-hybridized carbons (Fsp3) is 0.692. The van der Waals surface area contributed by atoms with Gasteiger partial charge in [-0.1, -0.05) is 12.2 Å². The predicted octanol–water partition coefficient (Wildman–Crippen LogP) is 2.49. The zero-order valence-electron chi connectivity index (χ0n) is 9.83. The van der Waals surface area contributed by atoms with Crippen LogP contribution >= 0.6 is 0 Å². The Balaban J connectivity index is 2.04. The molecule has 1 saturated heterocycles. The van der Waals surface area contributed by atoms with Crippen molar-refractivity contribution in [1.29, 1.82) is 0 Å². The number of hydrogen-bond acceptors (Lipinski definition) is 2. The Morgan fingerprint density at radius 1 is 0.867 bits per heavy atom. The largest absolute Gasteiger partial charge is 0.289 e. The van der Waals surface area contributed by atoms with Crippen molar-refractivity contribution in [3.05, 3.63) is 25.3 Å². The van der Waals surface area contributed by atoms with Crippen molar-refractivity contribution in [2.45, 2.75) is 25.7 Å². The van der Waals surface area contributed by atoms with E-state index in [1.807, 2.05) is 12.2 Å². The van der Waals surface area contributed by atoms with Crippen molar-refractivity contribution in [3.8, 4) is 0 Å². The normalized spacial score (nSPS) is 18.1. The van der Waals surface area contributed by atoms with E-state index in [0.717, 1.165) is 19.5 Å². The lowest BCUT2D eigenvalue weighted by Gasteiger charge is -2.17. The third kappa shape index (κ3) is 5.14. The number of nitrogens with zero attached hydrogens (tertiary/aromatic N) is 2. The van der Waals surface area contributed by atoms with E-state index in [2.05, 4.69) is 23.0 Å². The molecular formula is C13H24N2. The van der Waals surface area contributed by atoms with E-state index >= 15 is 0 Å². The van der Waals surface area contributed by atoms with Gasteiger partial charge in [0.15, 0.2) is 0 Å². The first kappa shape index (κ1) is 12.5. The fourth-order valence-corrected chi connectivity index (χ4v) is 1.99. The summed E-state index contributed by atoms with van der Waals surface area (Å²) in [6.45, 7) is 13.6. The van der Waals surface area contributed by atoms with Crippen molar-refractivity contribution >= 4 is 0 Å². The molecule has 0 saturated carbocycles. The van der Waals surface area contributed by atoms with Gasteiger partial charge in [0.1, 0.15) is 0 Å². The Hall–Kier alpha value is -0.600. The average molecular weight is 208 g/mol. The third-order valence-corrected chi connectivity index (χ3v) is 2.90. The van der Waals surface area contributed by atoms with Gasteiger partial charge in [-0.25, -0.2) is 0 Å². The number of hydrogen-bond donors (Lipinski definition) is 0. The number of rotatable bonds is 8. The van der Waals surface area contributed by atoms with Crippen molar-refractivity contribution in [2.75, 3.05) is 32.8 Å². The summed E-state index contributed by atoms with van der Waals surface area (Å²) in [4.78, 5) is 5.08. The number of allylic oxidation sites excluding steroid dienone is 2. The average Bonchev–Trinajstić information content (AvgIpc) is 2.67. The quantitative estimate of drug-likeness (QED) is 0.447. The second kappa shape index (κ2) is 7.66. The molecule has 0 atom stereocenters.